The average molecular weight is 848 g/mol. The van der Waals surface area contributed by atoms with E-state index in [1.54, 1.807) is 45.0 Å². The van der Waals surface area contributed by atoms with Gasteiger partial charge in [-0.1, -0.05) is 39.3 Å². The van der Waals surface area contributed by atoms with Gasteiger partial charge in [0.2, 0.25) is 21.8 Å². The van der Waals surface area contributed by atoms with E-state index in [-0.39, 0.29) is 52.6 Å². The largest absolute Gasteiger partial charge is 0.497 e. The molecule has 2 aliphatic heterocycles. The summed E-state index contributed by atoms with van der Waals surface area (Å²) in [4.78, 5) is 62.4. The summed E-state index contributed by atoms with van der Waals surface area (Å²) in [6, 6.07) is -2.71. The molecular weight excluding hydrogens is 793 g/mol. The first kappa shape index (κ1) is 43.8. The monoisotopic (exact) mass is 847 g/mol. The van der Waals surface area contributed by atoms with Crippen LogP contribution < -0.4 is 24.2 Å². The minimum atomic E-state index is -4.29. The predicted octanol–water partition coefficient (Wildman–Crippen LogP) is 5.62. The van der Waals surface area contributed by atoms with Crippen molar-refractivity contribution >= 4 is 44.7 Å². The van der Waals surface area contributed by atoms with Crippen molar-refractivity contribution < 1.29 is 55.7 Å². The Labute approximate surface area is 343 Å². The molecule has 4 amide bonds. The van der Waals surface area contributed by atoms with Crippen LogP contribution >= 0.6 is 0 Å². The number of carboxylic acid groups (broad SMARTS) is 1. The zero-order valence-corrected chi connectivity index (χ0v) is 35.3. The SMILES string of the molecule is CCC(C)N(C(=O)O)[C@@H]1C(=O)N2[C@@H](C[C@@](C)(Oc3cc(OC)nc4cc(OC)ccc34)C2(F)F)C(=O)N[C@]2(C(=O)NS(=O)(=O)C3CC3)C[C@H]2/C=C\CC[C@@H](C)C[C@H]1CC. The van der Waals surface area contributed by atoms with Gasteiger partial charge in [-0.2, -0.15) is 8.78 Å². The average Bonchev–Trinajstić information content (AvgIpc) is 4.12. The van der Waals surface area contributed by atoms with Gasteiger partial charge >= 0.3 is 12.1 Å². The zero-order chi connectivity index (χ0) is 43.2. The topological polar surface area (TPSA) is 194 Å². The molecule has 3 fully saturated rings. The molecule has 59 heavy (non-hydrogen) atoms. The van der Waals surface area contributed by atoms with Gasteiger partial charge in [0.1, 0.15) is 29.1 Å². The maximum atomic E-state index is 17.8. The lowest BCUT2D eigenvalue weighted by molar-refractivity contribution is -0.218. The van der Waals surface area contributed by atoms with Crippen LogP contribution in [0.5, 0.6) is 17.4 Å². The highest BCUT2D eigenvalue weighted by Gasteiger charge is 2.71. The Morgan fingerprint density at radius 3 is 2.44 bits per heavy atom. The first-order chi connectivity index (χ1) is 27.8. The van der Waals surface area contributed by atoms with E-state index in [2.05, 4.69) is 15.0 Å². The molecule has 3 N–H and O–H groups in total. The second-order valence-corrected chi connectivity index (χ2v) is 18.7. The van der Waals surface area contributed by atoms with Crippen molar-refractivity contribution in [3.63, 3.8) is 0 Å². The van der Waals surface area contributed by atoms with Gasteiger partial charge in [0.25, 0.3) is 11.8 Å². The van der Waals surface area contributed by atoms with Gasteiger partial charge in [-0.3, -0.25) is 28.9 Å². The molecule has 6 rings (SSSR count). The van der Waals surface area contributed by atoms with Crippen LogP contribution in [0.25, 0.3) is 10.9 Å². The highest BCUT2D eigenvalue weighted by atomic mass is 32.2. The Hall–Kier alpha value is -4.74. The Morgan fingerprint density at radius 1 is 1.12 bits per heavy atom. The number of hydrogen-bond acceptors (Lipinski definition) is 10. The molecule has 4 aliphatic rings. The quantitative estimate of drug-likeness (QED) is 0.188. The number of nitrogens with zero attached hydrogens (tertiary/aromatic N) is 3. The highest BCUT2D eigenvalue weighted by Crippen LogP contribution is 2.51. The molecule has 0 radical (unpaired) electrons. The van der Waals surface area contributed by atoms with Crippen molar-refractivity contribution in [3.05, 3.63) is 36.4 Å². The fourth-order valence-corrected chi connectivity index (χ4v) is 9.94. The summed E-state index contributed by atoms with van der Waals surface area (Å²) in [6.07, 6.45) is 3.93. The number of nitrogens with one attached hydrogen (secondary N) is 2. The van der Waals surface area contributed by atoms with Crippen LogP contribution in [0.3, 0.4) is 0 Å². The number of pyridine rings is 1. The Bertz CT molecular complexity index is 2110. The number of benzene rings is 1. The number of halogens is 2. The highest BCUT2D eigenvalue weighted by molar-refractivity contribution is 7.91. The predicted molar refractivity (Wildman–Crippen MR) is 212 cm³/mol. The second kappa shape index (κ2) is 16.4. The van der Waals surface area contributed by atoms with Crippen LogP contribution in [-0.4, -0.2) is 107 Å². The number of rotatable bonds is 11. The third-order valence-corrected chi connectivity index (χ3v) is 14.4. The Balaban J connectivity index is 1.51. The summed E-state index contributed by atoms with van der Waals surface area (Å²) in [7, 11) is -1.29. The lowest BCUT2D eigenvalue weighted by Gasteiger charge is -2.43. The molecule has 1 unspecified atom stereocenters. The van der Waals surface area contributed by atoms with Crippen LogP contribution in [0.2, 0.25) is 0 Å². The number of carbonyl (C=O) groups excluding carboxylic acids is 3. The van der Waals surface area contributed by atoms with Crippen LogP contribution in [0.4, 0.5) is 13.6 Å². The number of alkyl halides is 2. The van der Waals surface area contributed by atoms with Gasteiger partial charge in [-0.25, -0.2) is 18.2 Å². The minimum absolute atomic E-state index is 0.0156. The Morgan fingerprint density at radius 2 is 1.83 bits per heavy atom. The third-order valence-electron chi connectivity index (χ3n) is 12.5. The molecule has 2 aromatic rings. The van der Waals surface area contributed by atoms with E-state index in [1.807, 2.05) is 13.0 Å². The van der Waals surface area contributed by atoms with Crippen molar-refractivity contribution in [1.29, 1.82) is 0 Å². The van der Waals surface area contributed by atoms with Gasteiger partial charge < -0.3 is 24.6 Å². The van der Waals surface area contributed by atoms with Crippen molar-refractivity contribution in [2.75, 3.05) is 14.2 Å². The molecule has 324 valence electrons. The molecule has 1 aromatic heterocycles. The number of aromatic nitrogens is 1. The summed E-state index contributed by atoms with van der Waals surface area (Å²) in [6.45, 7) is 8.09. The maximum absolute atomic E-state index is 17.8. The van der Waals surface area contributed by atoms with E-state index < -0.39 is 92.7 Å². The molecule has 0 spiro atoms. The summed E-state index contributed by atoms with van der Waals surface area (Å²) < 4.78 is 80.5. The summed E-state index contributed by atoms with van der Waals surface area (Å²) in [5, 5.41) is 12.8. The Kier molecular flexibility index (Phi) is 12.2. The molecule has 2 saturated carbocycles. The number of amides is 4. The van der Waals surface area contributed by atoms with Crippen molar-refractivity contribution in [2.45, 2.75) is 133 Å². The van der Waals surface area contributed by atoms with Gasteiger partial charge in [0.15, 0.2) is 5.60 Å². The number of ether oxygens (including phenoxy) is 3. The summed E-state index contributed by atoms with van der Waals surface area (Å²) in [5.74, 6) is -4.62. The van der Waals surface area contributed by atoms with E-state index >= 15 is 13.6 Å². The minimum Gasteiger partial charge on any atom is -0.497 e. The number of carbonyl (C=O) groups is 4. The van der Waals surface area contributed by atoms with E-state index in [1.165, 1.54) is 20.3 Å². The maximum Gasteiger partial charge on any atom is 0.408 e. The number of allylic oxidation sites excluding steroid dienone is 1. The fourth-order valence-electron chi connectivity index (χ4n) is 8.58. The van der Waals surface area contributed by atoms with E-state index in [4.69, 9.17) is 14.2 Å². The van der Waals surface area contributed by atoms with Crippen LogP contribution in [0.15, 0.2) is 36.4 Å². The standard InChI is InChI=1S/C41H55F2N5O10S/c1-8-24(4)47(38(52)53)34-25(9-2)18-23(3)12-10-11-13-26-21-40(26,37(51)46-59(54,55)28-15-16-28)45-35(49)31-22-39(5,41(42,43)48(31)36(34)50)58-32-20-33(57-7)44-30-19-27(56-6)14-17-29(30)32/h11,13-14,17,19-20,23-26,28,31,34H,8-10,12,15-16,18,21-22H2,1-7H3,(H,45,49)(H,46,51)(H,52,53)/b13-11-/t23-,24?,25-,26-,31+,34+,39-,40-/m1/s1. The van der Waals surface area contributed by atoms with Gasteiger partial charge in [-0.15, -0.1) is 0 Å². The molecule has 1 aromatic carbocycles. The molecule has 1 saturated heterocycles. The zero-order valence-electron chi connectivity index (χ0n) is 34.5. The second-order valence-electron chi connectivity index (χ2n) is 16.7. The third kappa shape index (κ3) is 8.25. The number of hydrogen-bond donors (Lipinski definition) is 3. The smallest absolute Gasteiger partial charge is 0.408 e. The molecule has 2 aliphatic carbocycles. The van der Waals surface area contributed by atoms with Crippen molar-refractivity contribution in [2.24, 2.45) is 17.8 Å². The summed E-state index contributed by atoms with van der Waals surface area (Å²) >= 11 is 0. The fraction of sp³-hybridized carbons (Fsp3) is 0.634. The number of sulfonamides is 1. The summed E-state index contributed by atoms with van der Waals surface area (Å²) in [5.41, 5.74) is -4.19. The van der Waals surface area contributed by atoms with Gasteiger partial charge in [0, 0.05) is 35.9 Å². The number of methoxy groups -OCH3 is 2. The van der Waals surface area contributed by atoms with Crippen molar-refractivity contribution in [3.8, 4) is 17.4 Å². The van der Waals surface area contributed by atoms with E-state index in [0.29, 0.717) is 37.9 Å². The lowest BCUT2D eigenvalue weighted by Crippen LogP contribution is -2.64. The molecular formula is C41H55F2N5O10S. The number of fused-ring (bicyclic) bond motifs is 3. The molecule has 18 heteroatoms. The first-order valence-electron chi connectivity index (χ1n) is 20.3. The molecule has 8 atom stereocenters. The van der Waals surface area contributed by atoms with Gasteiger partial charge in [0.05, 0.1) is 25.0 Å². The molecule has 0 bridgehead atoms. The normalized spacial score (nSPS) is 30.7. The van der Waals surface area contributed by atoms with E-state index in [0.717, 1.165) is 11.8 Å². The van der Waals surface area contributed by atoms with Crippen LogP contribution in [-0.2, 0) is 24.4 Å². The molecule has 15 nitrogen and oxygen atoms in total. The van der Waals surface area contributed by atoms with Crippen molar-refractivity contribution in [1.82, 2.24) is 24.8 Å². The van der Waals surface area contributed by atoms with Crippen LogP contribution in [0.1, 0.15) is 92.4 Å². The van der Waals surface area contributed by atoms with Gasteiger partial charge in [-0.05, 0) is 82.8 Å². The molecule has 3 heterocycles. The van der Waals surface area contributed by atoms with E-state index in [9.17, 15) is 27.9 Å². The van der Waals surface area contributed by atoms with Crippen LogP contribution in [0, 0.1) is 17.8 Å². The lowest BCUT2D eigenvalue weighted by atomic mass is 9.83. The first-order valence-corrected chi connectivity index (χ1v) is 21.8.